The highest BCUT2D eigenvalue weighted by Crippen LogP contribution is 2.28. The van der Waals surface area contributed by atoms with Crippen molar-refractivity contribution in [2.75, 3.05) is 17.9 Å². The number of nitrogens with one attached hydrogen (secondary N) is 2. The average molecular weight is 391 g/mol. The summed E-state index contributed by atoms with van der Waals surface area (Å²) < 4.78 is 9.78. The molecule has 0 amide bonds. The van der Waals surface area contributed by atoms with Gasteiger partial charge in [-0.15, -0.1) is 0 Å². The van der Waals surface area contributed by atoms with Crippen LogP contribution in [-0.2, 0) is 6.54 Å². The Hall–Kier alpha value is -4.21. The third-order valence-electron chi connectivity index (χ3n) is 4.04. The van der Waals surface area contributed by atoms with Crippen molar-refractivity contribution in [2.45, 2.75) is 6.54 Å². The molecule has 3 N–H and O–H groups in total. The molecule has 0 spiro atoms. The topological polar surface area (TPSA) is 131 Å². The van der Waals surface area contributed by atoms with E-state index in [-0.39, 0.29) is 17.0 Å². The minimum absolute atomic E-state index is 0.00906. The second-order valence-corrected chi connectivity index (χ2v) is 5.94. The number of aromatic hydroxyl groups is 1. The number of ether oxygens (including phenoxy) is 1. The molecule has 0 unspecified atom stereocenters. The maximum atomic E-state index is 10.1. The first-order valence-electron chi connectivity index (χ1n) is 8.68. The summed E-state index contributed by atoms with van der Waals surface area (Å²) in [5.41, 5.74) is 4.89. The lowest BCUT2D eigenvalue weighted by molar-refractivity contribution is 0.314. The van der Waals surface area contributed by atoms with Gasteiger partial charge in [-0.1, -0.05) is 36.4 Å². The normalized spacial score (nSPS) is 11.1. The molecule has 0 saturated carbocycles. The zero-order chi connectivity index (χ0) is 20.1. The molecule has 0 aliphatic carbocycles. The van der Waals surface area contributed by atoms with E-state index in [1.165, 1.54) is 13.3 Å². The van der Waals surface area contributed by atoms with Crippen LogP contribution in [0.25, 0.3) is 11.3 Å². The van der Waals surface area contributed by atoms with Crippen molar-refractivity contribution in [3.8, 4) is 11.5 Å². The fourth-order valence-electron chi connectivity index (χ4n) is 2.59. The highest BCUT2D eigenvalue weighted by Gasteiger charge is 2.12. The van der Waals surface area contributed by atoms with Crippen LogP contribution < -0.4 is 15.5 Å². The molecule has 10 nitrogen and oxygen atoms in total. The number of methoxy groups -OCH3 is 1. The Morgan fingerprint density at radius 2 is 1.79 bits per heavy atom. The third-order valence-corrected chi connectivity index (χ3v) is 4.04. The summed E-state index contributed by atoms with van der Waals surface area (Å²) in [6.45, 7) is 0.529. The van der Waals surface area contributed by atoms with Gasteiger partial charge in [0.05, 0.1) is 13.3 Å². The molecule has 0 saturated heterocycles. The first kappa shape index (κ1) is 18.2. The van der Waals surface area contributed by atoms with E-state index in [0.717, 1.165) is 5.56 Å². The molecular weight excluding hydrogens is 374 g/mol. The van der Waals surface area contributed by atoms with E-state index >= 15 is 0 Å². The van der Waals surface area contributed by atoms with Crippen molar-refractivity contribution in [3.05, 3.63) is 59.7 Å². The minimum atomic E-state index is -0.00906. The molecule has 2 aromatic carbocycles. The molecule has 0 atom stereocenters. The number of rotatable bonds is 7. The minimum Gasteiger partial charge on any atom is -0.504 e. The van der Waals surface area contributed by atoms with Gasteiger partial charge < -0.3 is 15.2 Å². The van der Waals surface area contributed by atoms with Crippen LogP contribution in [0.1, 0.15) is 11.1 Å². The molecule has 0 aliphatic heterocycles. The number of hydrogen-bond donors (Lipinski definition) is 3. The van der Waals surface area contributed by atoms with E-state index in [0.29, 0.717) is 29.5 Å². The molecule has 0 fully saturated rings. The monoisotopic (exact) mass is 391 g/mol. The smallest absolute Gasteiger partial charge is 0.245 e. The Balaban J connectivity index is 1.57. The van der Waals surface area contributed by atoms with Crippen LogP contribution >= 0.6 is 0 Å². The number of aromatic nitrogens is 4. The summed E-state index contributed by atoms with van der Waals surface area (Å²) in [5.74, 6) is 1.12. The molecule has 0 radical (unpaired) electrons. The molecule has 10 heteroatoms. The lowest BCUT2D eigenvalue weighted by atomic mass is 10.2. The summed E-state index contributed by atoms with van der Waals surface area (Å²) in [5, 5.41) is 24.9. The van der Waals surface area contributed by atoms with Gasteiger partial charge in [0.2, 0.25) is 11.3 Å². The standard InChI is InChI=1S/C19H17N7O3/c1-28-14-9-5-8-13(15(14)27)11-21-24-17-16(20-10-12-6-3-2-4-7-12)22-18-19(23-17)26-29-25-18/h2-9,11,27H,10H2,1H3,(H,20,22,25)(H,23,24,26)/b21-11+. The number of hydrazone groups is 1. The number of hydrogen-bond acceptors (Lipinski definition) is 10. The second-order valence-electron chi connectivity index (χ2n) is 5.94. The van der Waals surface area contributed by atoms with Gasteiger partial charge in [-0.2, -0.15) is 10.1 Å². The van der Waals surface area contributed by atoms with Gasteiger partial charge in [-0.3, -0.25) is 5.43 Å². The first-order valence-corrected chi connectivity index (χ1v) is 8.68. The summed E-state index contributed by atoms with van der Waals surface area (Å²) in [7, 11) is 1.48. The molecule has 0 bridgehead atoms. The maximum absolute atomic E-state index is 10.1. The van der Waals surface area contributed by atoms with Gasteiger partial charge in [0.1, 0.15) is 0 Å². The van der Waals surface area contributed by atoms with Crippen LogP contribution in [0, 0.1) is 0 Å². The van der Waals surface area contributed by atoms with E-state index in [9.17, 15) is 5.11 Å². The predicted molar refractivity (Wildman–Crippen MR) is 107 cm³/mol. The van der Waals surface area contributed by atoms with Crippen molar-refractivity contribution in [1.29, 1.82) is 0 Å². The van der Waals surface area contributed by atoms with Gasteiger partial charge >= 0.3 is 0 Å². The van der Waals surface area contributed by atoms with Gasteiger partial charge in [0, 0.05) is 12.1 Å². The Labute approximate surface area is 165 Å². The number of anilines is 2. The quantitative estimate of drug-likeness (QED) is 0.321. The van der Waals surface area contributed by atoms with Crippen LogP contribution in [0.3, 0.4) is 0 Å². The maximum Gasteiger partial charge on any atom is 0.245 e. The molecule has 4 rings (SSSR count). The molecule has 2 aromatic heterocycles. The number of phenols is 1. The number of benzene rings is 2. The van der Waals surface area contributed by atoms with Gasteiger partial charge in [-0.25, -0.2) is 9.61 Å². The first-order chi connectivity index (χ1) is 14.2. The zero-order valence-electron chi connectivity index (χ0n) is 15.4. The Morgan fingerprint density at radius 1 is 1.03 bits per heavy atom. The van der Waals surface area contributed by atoms with Gasteiger partial charge in [0.15, 0.2) is 23.1 Å². The number of phenolic OH excluding ortho intramolecular Hbond substituents is 1. The average Bonchev–Trinajstić information content (AvgIpc) is 3.21. The largest absolute Gasteiger partial charge is 0.504 e. The summed E-state index contributed by atoms with van der Waals surface area (Å²) >= 11 is 0. The fraction of sp³-hybridized carbons (Fsp3) is 0.105. The summed E-state index contributed by atoms with van der Waals surface area (Å²) in [4.78, 5) is 8.70. The Bertz CT molecular complexity index is 1150. The number of nitrogens with zero attached hydrogens (tertiary/aromatic N) is 5. The second kappa shape index (κ2) is 8.21. The number of para-hydroxylation sites is 1. The van der Waals surface area contributed by atoms with E-state index in [4.69, 9.17) is 4.74 Å². The zero-order valence-corrected chi connectivity index (χ0v) is 15.4. The summed E-state index contributed by atoms with van der Waals surface area (Å²) in [6.07, 6.45) is 1.45. The SMILES string of the molecule is COc1cccc(/C=N/Nc2nc3nonc3nc2NCc2ccccc2)c1O. The van der Waals surface area contributed by atoms with Crippen LogP contribution in [-0.4, -0.2) is 38.7 Å². The Kier molecular flexibility index (Phi) is 5.14. The van der Waals surface area contributed by atoms with Crippen molar-refractivity contribution < 1.29 is 14.5 Å². The highest BCUT2D eigenvalue weighted by molar-refractivity contribution is 5.85. The van der Waals surface area contributed by atoms with Crippen molar-refractivity contribution >= 4 is 29.1 Å². The van der Waals surface area contributed by atoms with Crippen LogP contribution in [0.2, 0.25) is 0 Å². The molecule has 2 heterocycles. The molecule has 146 valence electrons. The molecular formula is C19H17N7O3. The van der Waals surface area contributed by atoms with Crippen molar-refractivity contribution in [2.24, 2.45) is 5.10 Å². The highest BCUT2D eigenvalue weighted by atomic mass is 16.6. The van der Waals surface area contributed by atoms with E-state index in [1.807, 2.05) is 30.3 Å². The van der Waals surface area contributed by atoms with Crippen molar-refractivity contribution in [1.82, 2.24) is 20.3 Å². The molecule has 29 heavy (non-hydrogen) atoms. The number of fused-ring (bicyclic) bond motifs is 1. The lowest BCUT2D eigenvalue weighted by Crippen LogP contribution is -2.07. The van der Waals surface area contributed by atoms with Crippen LogP contribution in [0.5, 0.6) is 11.5 Å². The fourth-order valence-corrected chi connectivity index (χ4v) is 2.59. The van der Waals surface area contributed by atoms with Gasteiger partial charge in [-0.05, 0) is 28.0 Å². The lowest BCUT2D eigenvalue weighted by Gasteiger charge is -2.09. The van der Waals surface area contributed by atoms with E-state index < -0.39 is 0 Å². The van der Waals surface area contributed by atoms with Crippen molar-refractivity contribution in [3.63, 3.8) is 0 Å². The van der Waals surface area contributed by atoms with E-state index in [2.05, 4.69) is 40.8 Å². The molecule has 0 aliphatic rings. The van der Waals surface area contributed by atoms with Crippen LogP contribution in [0.15, 0.2) is 58.3 Å². The van der Waals surface area contributed by atoms with Crippen LogP contribution in [0.4, 0.5) is 11.6 Å². The summed E-state index contributed by atoms with van der Waals surface area (Å²) in [6, 6.07) is 15.0. The Morgan fingerprint density at radius 3 is 2.55 bits per heavy atom. The van der Waals surface area contributed by atoms with E-state index in [1.54, 1.807) is 18.2 Å². The predicted octanol–water partition coefficient (Wildman–Crippen LogP) is 2.79. The molecule has 4 aromatic rings. The van der Waals surface area contributed by atoms with Gasteiger partial charge in [0.25, 0.3) is 0 Å². The third kappa shape index (κ3) is 4.05.